The van der Waals surface area contributed by atoms with Crippen molar-refractivity contribution in [3.05, 3.63) is 28.2 Å². The van der Waals surface area contributed by atoms with E-state index in [2.05, 4.69) is 5.32 Å². The summed E-state index contributed by atoms with van der Waals surface area (Å²) < 4.78 is 0. The summed E-state index contributed by atoms with van der Waals surface area (Å²) in [5, 5.41) is 12.6. The van der Waals surface area contributed by atoms with E-state index in [4.69, 9.17) is 28.3 Å². The molecule has 24 heavy (non-hydrogen) atoms. The Hall–Kier alpha value is -1.50. The van der Waals surface area contributed by atoms with E-state index in [-0.39, 0.29) is 18.6 Å². The average molecular weight is 374 g/mol. The number of aliphatic carboxylic acids is 1. The highest BCUT2D eigenvalue weighted by molar-refractivity contribution is 6.35. The number of carbonyl (C=O) groups is 2. The Morgan fingerprint density at radius 3 is 2.54 bits per heavy atom. The number of likely N-dealkylation sites (tertiary alicyclic amines) is 1. The van der Waals surface area contributed by atoms with Gasteiger partial charge in [0.2, 0.25) is 0 Å². The molecule has 0 aliphatic carbocycles. The molecule has 0 aromatic heterocycles. The molecule has 2 amide bonds. The Balaban J connectivity index is 1.93. The molecule has 0 bridgehead atoms. The third kappa shape index (κ3) is 5.54. The van der Waals surface area contributed by atoms with Crippen LogP contribution in [-0.4, -0.2) is 59.6 Å². The van der Waals surface area contributed by atoms with Crippen LogP contribution >= 0.6 is 23.2 Å². The Morgan fingerprint density at radius 1 is 1.25 bits per heavy atom. The number of amides is 2. The number of nitrogens with one attached hydrogen (secondary N) is 1. The van der Waals surface area contributed by atoms with Gasteiger partial charge in [-0.05, 0) is 44.5 Å². The summed E-state index contributed by atoms with van der Waals surface area (Å²) in [6.07, 6.45) is 2.45. The zero-order valence-corrected chi connectivity index (χ0v) is 15.0. The van der Waals surface area contributed by atoms with Crippen LogP contribution in [0.15, 0.2) is 18.2 Å². The van der Waals surface area contributed by atoms with Crippen molar-refractivity contribution in [3.8, 4) is 0 Å². The van der Waals surface area contributed by atoms with E-state index in [0.29, 0.717) is 28.8 Å². The number of rotatable bonds is 4. The molecule has 2 rings (SSSR count). The van der Waals surface area contributed by atoms with Crippen LogP contribution in [0.4, 0.5) is 10.5 Å². The molecule has 2 N–H and O–H groups in total. The first-order valence-electron chi connectivity index (χ1n) is 7.79. The second kappa shape index (κ2) is 8.55. The molecular formula is C16H21Cl2N3O3. The average Bonchev–Trinajstić information content (AvgIpc) is 2.71. The number of hydrogen-bond acceptors (Lipinski definition) is 3. The first kappa shape index (κ1) is 18.8. The molecule has 1 aromatic rings. The van der Waals surface area contributed by atoms with E-state index in [1.54, 1.807) is 23.1 Å². The smallest absolute Gasteiger partial charge is 0.321 e. The van der Waals surface area contributed by atoms with Crippen LogP contribution in [0.5, 0.6) is 0 Å². The van der Waals surface area contributed by atoms with Crippen LogP contribution < -0.4 is 5.32 Å². The van der Waals surface area contributed by atoms with Crippen LogP contribution in [0, 0.1) is 0 Å². The van der Waals surface area contributed by atoms with Gasteiger partial charge in [0.25, 0.3) is 0 Å². The van der Waals surface area contributed by atoms with Gasteiger partial charge in [0, 0.05) is 34.9 Å². The number of benzene rings is 1. The van der Waals surface area contributed by atoms with Crippen molar-refractivity contribution in [2.75, 3.05) is 32.0 Å². The van der Waals surface area contributed by atoms with Crippen LogP contribution in [-0.2, 0) is 4.79 Å². The first-order valence-corrected chi connectivity index (χ1v) is 8.55. The van der Waals surface area contributed by atoms with Gasteiger partial charge in [-0.25, -0.2) is 4.79 Å². The van der Waals surface area contributed by atoms with Crippen molar-refractivity contribution in [2.45, 2.75) is 25.3 Å². The van der Waals surface area contributed by atoms with Crippen LogP contribution in [0.3, 0.4) is 0 Å². The topological polar surface area (TPSA) is 72.9 Å². The van der Waals surface area contributed by atoms with E-state index in [1.807, 2.05) is 11.9 Å². The number of carboxylic acid groups (broad SMARTS) is 1. The highest BCUT2D eigenvalue weighted by atomic mass is 35.5. The predicted molar refractivity (Wildman–Crippen MR) is 95.0 cm³/mol. The summed E-state index contributed by atoms with van der Waals surface area (Å²) in [4.78, 5) is 26.8. The molecule has 1 atom stereocenters. The zero-order valence-electron chi connectivity index (χ0n) is 13.5. The molecule has 1 aliphatic heterocycles. The van der Waals surface area contributed by atoms with Crippen molar-refractivity contribution < 1.29 is 14.7 Å². The summed E-state index contributed by atoms with van der Waals surface area (Å²) in [5.74, 6) is -0.839. The minimum atomic E-state index is -0.839. The fourth-order valence-corrected chi connectivity index (χ4v) is 3.42. The number of anilines is 1. The quantitative estimate of drug-likeness (QED) is 0.847. The fourth-order valence-electron chi connectivity index (χ4n) is 2.89. The van der Waals surface area contributed by atoms with E-state index in [0.717, 1.165) is 19.3 Å². The fraction of sp³-hybridized carbons (Fsp3) is 0.500. The second-order valence-electron chi connectivity index (χ2n) is 5.97. The SMILES string of the molecule is CN(CC(=O)O)C1CCCN(C(=O)Nc2cc(Cl)cc(Cl)c2)CC1. The number of carboxylic acids is 1. The van der Waals surface area contributed by atoms with Crippen molar-refractivity contribution in [1.29, 1.82) is 0 Å². The molecule has 8 heteroatoms. The Bertz CT molecular complexity index is 592. The first-order chi connectivity index (χ1) is 11.3. The van der Waals surface area contributed by atoms with Gasteiger partial charge in [-0.3, -0.25) is 9.69 Å². The third-order valence-electron chi connectivity index (χ3n) is 4.11. The summed E-state index contributed by atoms with van der Waals surface area (Å²) in [6.45, 7) is 1.23. The van der Waals surface area contributed by atoms with Gasteiger partial charge in [-0.2, -0.15) is 0 Å². The van der Waals surface area contributed by atoms with Crippen molar-refractivity contribution in [2.24, 2.45) is 0 Å². The number of nitrogens with zero attached hydrogens (tertiary/aromatic N) is 2. The molecular weight excluding hydrogens is 353 g/mol. The molecule has 0 saturated carbocycles. The van der Waals surface area contributed by atoms with Crippen LogP contribution in [0.1, 0.15) is 19.3 Å². The van der Waals surface area contributed by atoms with Gasteiger partial charge < -0.3 is 15.3 Å². The lowest BCUT2D eigenvalue weighted by Crippen LogP contribution is -2.38. The lowest BCUT2D eigenvalue weighted by Gasteiger charge is -2.25. The number of halogens is 2. The molecule has 132 valence electrons. The predicted octanol–water partition coefficient (Wildman–Crippen LogP) is 3.40. The molecule has 1 aromatic carbocycles. The number of likely N-dealkylation sites (N-methyl/N-ethyl adjacent to an activating group) is 1. The molecule has 1 aliphatic rings. The monoisotopic (exact) mass is 373 g/mol. The van der Waals surface area contributed by atoms with Crippen LogP contribution in [0.25, 0.3) is 0 Å². The number of hydrogen-bond donors (Lipinski definition) is 2. The van der Waals surface area contributed by atoms with Crippen molar-refractivity contribution in [3.63, 3.8) is 0 Å². The molecule has 1 saturated heterocycles. The summed E-state index contributed by atoms with van der Waals surface area (Å²) >= 11 is 11.9. The molecule has 6 nitrogen and oxygen atoms in total. The van der Waals surface area contributed by atoms with Gasteiger partial charge in [-0.15, -0.1) is 0 Å². The highest BCUT2D eigenvalue weighted by Gasteiger charge is 2.24. The van der Waals surface area contributed by atoms with Gasteiger partial charge in [0.05, 0.1) is 6.54 Å². The maximum absolute atomic E-state index is 12.4. The van der Waals surface area contributed by atoms with Gasteiger partial charge >= 0.3 is 12.0 Å². The molecule has 1 fully saturated rings. The Labute approximate surface area is 151 Å². The Kier molecular flexibility index (Phi) is 6.71. The van der Waals surface area contributed by atoms with E-state index in [9.17, 15) is 9.59 Å². The standard InChI is InChI=1S/C16H21Cl2N3O3/c1-20(10-15(22)23)14-3-2-5-21(6-4-14)16(24)19-13-8-11(17)7-12(18)9-13/h7-9,14H,2-6,10H2,1H3,(H,19,24)(H,22,23). The van der Waals surface area contributed by atoms with Crippen molar-refractivity contribution >= 4 is 40.9 Å². The van der Waals surface area contributed by atoms with Gasteiger partial charge in [0.15, 0.2) is 0 Å². The lowest BCUT2D eigenvalue weighted by atomic mass is 10.1. The molecule has 0 radical (unpaired) electrons. The number of urea groups is 1. The molecule has 1 unspecified atom stereocenters. The minimum absolute atomic E-state index is 0.0118. The maximum atomic E-state index is 12.4. The second-order valence-corrected chi connectivity index (χ2v) is 6.84. The van der Waals surface area contributed by atoms with Gasteiger partial charge in [0.1, 0.15) is 0 Å². The van der Waals surface area contributed by atoms with E-state index >= 15 is 0 Å². The summed E-state index contributed by atoms with van der Waals surface area (Å²) in [7, 11) is 1.81. The normalized spacial score (nSPS) is 18.3. The largest absolute Gasteiger partial charge is 0.480 e. The summed E-state index contributed by atoms with van der Waals surface area (Å²) in [5.41, 5.74) is 0.557. The van der Waals surface area contributed by atoms with Crippen LogP contribution in [0.2, 0.25) is 10.0 Å². The maximum Gasteiger partial charge on any atom is 0.321 e. The molecule has 0 spiro atoms. The van der Waals surface area contributed by atoms with Crippen molar-refractivity contribution in [1.82, 2.24) is 9.80 Å². The zero-order chi connectivity index (χ0) is 17.7. The number of carbonyl (C=O) groups excluding carboxylic acids is 1. The van der Waals surface area contributed by atoms with Gasteiger partial charge in [-0.1, -0.05) is 23.2 Å². The Morgan fingerprint density at radius 2 is 1.92 bits per heavy atom. The molecule has 1 heterocycles. The third-order valence-corrected chi connectivity index (χ3v) is 4.54. The van der Waals surface area contributed by atoms with E-state index < -0.39 is 5.97 Å². The minimum Gasteiger partial charge on any atom is -0.480 e. The summed E-state index contributed by atoms with van der Waals surface area (Å²) in [6, 6.07) is 4.86. The highest BCUT2D eigenvalue weighted by Crippen LogP contribution is 2.23. The van der Waals surface area contributed by atoms with E-state index in [1.165, 1.54) is 0 Å². The lowest BCUT2D eigenvalue weighted by molar-refractivity contribution is -0.138.